The van der Waals surface area contributed by atoms with Crippen LogP contribution in [-0.2, 0) is 0 Å². The number of hydrogen-bond donors (Lipinski definition) is 1. The molecule has 0 atom stereocenters. The van der Waals surface area contributed by atoms with Crippen molar-refractivity contribution in [1.29, 1.82) is 0 Å². The van der Waals surface area contributed by atoms with E-state index in [2.05, 4.69) is 44.9 Å². The van der Waals surface area contributed by atoms with Crippen LogP contribution in [0.3, 0.4) is 0 Å². The highest BCUT2D eigenvalue weighted by Crippen LogP contribution is 2.38. The highest BCUT2D eigenvalue weighted by Gasteiger charge is 2.16. The van der Waals surface area contributed by atoms with Crippen molar-refractivity contribution in [3.05, 3.63) is 71.8 Å². The van der Waals surface area contributed by atoms with Crippen LogP contribution in [0.5, 0.6) is 0 Å². The van der Waals surface area contributed by atoms with E-state index in [9.17, 15) is 0 Å². The van der Waals surface area contributed by atoms with E-state index >= 15 is 0 Å². The Morgan fingerprint density at radius 1 is 0.842 bits per heavy atom. The molecule has 0 fully saturated rings. The molecule has 19 heavy (non-hydrogen) atoms. The van der Waals surface area contributed by atoms with Gasteiger partial charge < -0.3 is 0 Å². The van der Waals surface area contributed by atoms with E-state index in [1.807, 2.05) is 36.4 Å². The fourth-order valence-corrected chi connectivity index (χ4v) is 2.88. The van der Waals surface area contributed by atoms with Gasteiger partial charge in [-0.15, -0.1) is 5.10 Å². The number of nitrogens with one attached hydrogen (secondary N) is 1. The van der Waals surface area contributed by atoms with Gasteiger partial charge in [0, 0.05) is 0 Å². The molecule has 0 saturated carbocycles. The minimum atomic E-state index is 0.178. The van der Waals surface area contributed by atoms with E-state index in [0.717, 1.165) is 5.16 Å². The topological polar surface area (TPSA) is 54.5 Å². The highest BCUT2D eigenvalue weighted by molar-refractivity contribution is 7.99. The maximum atomic E-state index is 3.95. The SMILES string of the molecule is c1ccc(C(Sc2nnn[nH]2)c2ccccc2)cc1. The molecule has 3 aromatic rings. The largest absolute Gasteiger partial charge is 0.234 e. The molecule has 1 N–H and O–H groups in total. The predicted octanol–water partition coefficient (Wildman–Crippen LogP) is 3.08. The van der Waals surface area contributed by atoms with Crippen LogP contribution < -0.4 is 0 Å². The lowest BCUT2D eigenvalue weighted by Gasteiger charge is -2.15. The Morgan fingerprint density at radius 3 is 1.89 bits per heavy atom. The van der Waals surface area contributed by atoms with Gasteiger partial charge in [0.25, 0.3) is 0 Å². The first kappa shape index (κ1) is 11.9. The molecular weight excluding hydrogens is 256 g/mol. The van der Waals surface area contributed by atoms with Gasteiger partial charge in [-0.2, -0.15) is 0 Å². The molecule has 0 amide bonds. The van der Waals surface area contributed by atoms with Crippen LogP contribution >= 0.6 is 11.8 Å². The number of aromatic amines is 1. The van der Waals surface area contributed by atoms with Crippen LogP contribution in [-0.4, -0.2) is 20.6 Å². The number of hydrogen-bond acceptors (Lipinski definition) is 4. The number of rotatable bonds is 4. The molecular formula is C14H12N4S. The fraction of sp³-hybridized carbons (Fsp3) is 0.0714. The molecule has 0 aliphatic carbocycles. The number of thioether (sulfide) groups is 1. The molecule has 2 aromatic carbocycles. The average molecular weight is 268 g/mol. The molecule has 3 rings (SSSR count). The molecule has 0 radical (unpaired) electrons. The second-order valence-electron chi connectivity index (χ2n) is 4.03. The summed E-state index contributed by atoms with van der Waals surface area (Å²) in [5.41, 5.74) is 2.46. The van der Waals surface area contributed by atoms with E-state index < -0.39 is 0 Å². The molecule has 94 valence electrons. The standard InChI is InChI=1S/C14H12N4S/c1-3-7-11(8-4-1)13(12-9-5-2-6-10-12)19-14-15-17-18-16-14/h1-10,13H,(H,15,16,17,18). The van der Waals surface area contributed by atoms with Crippen molar-refractivity contribution < 1.29 is 0 Å². The first-order valence-electron chi connectivity index (χ1n) is 5.94. The van der Waals surface area contributed by atoms with Gasteiger partial charge in [-0.1, -0.05) is 72.4 Å². The second-order valence-corrected chi connectivity index (χ2v) is 5.12. The zero-order valence-electron chi connectivity index (χ0n) is 10.1. The van der Waals surface area contributed by atoms with Gasteiger partial charge in [-0.3, -0.25) is 0 Å². The van der Waals surface area contributed by atoms with E-state index in [0.29, 0.717) is 0 Å². The molecule has 1 heterocycles. The Balaban J connectivity index is 1.96. The predicted molar refractivity (Wildman–Crippen MR) is 74.8 cm³/mol. The lowest BCUT2D eigenvalue weighted by atomic mass is 10.0. The Hall–Kier alpha value is -2.14. The molecule has 1 aromatic heterocycles. The van der Waals surface area contributed by atoms with Gasteiger partial charge in [-0.05, 0) is 21.6 Å². The molecule has 0 unspecified atom stereocenters. The van der Waals surface area contributed by atoms with Crippen molar-refractivity contribution in [2.45, 2.75) is 10.4 Å². The van der Waals surface area contributed by atoms with Crippen molar-refractivity contribution >= 4 is 11.8 Å². The van der Waals surface area contributed by atoms with E-state index in [-0.39, 0.29) is 5.25 Å². The van der Waals surface area contributed by atoms with Gasteiger partial charge in [0.1, 0.15) is 0 Å². The third kappa shape index (κ3) is 2.82. The monoisotopic (exact) mass is 268 g/mol. The van der Waals surface area contributed by atoms with Crippen LogP contribution in [0.4, 0.5) is 0 Å². The summed E-state index contributed by atoms with van der Waals surface area (Å²) in [5.74, 6) is 0. The van der Waals surface area contributed by atoms with E-state index in [1.165, 1.54) is 11.1 Å². The Labute approximate surface area is 115 Å². The zero-order valence-corrected chi connectivity index (χ0v) is 10.9. The summed E-state index contributed by atoms with van der Waals surface area (Å²) in [6.45, 7) is 0. The number of aromatic nitrogens is 4. The van der Waals surface area contributed by atoms with Gasteiger partial charge >= 0.3 is 0 Å². The molecule has 5 heteroatoms. The van der Waals surface area contributed by atoms with Gasteiger partial charge in [0.2, 0.25) is 5.16 Å². The fourth-order valence-electron chi connectivity index (χ4n) is 1.90. The van der Waals surface area contributed by atoms with Gasteiger partial charge in [0.05, 0.1) is 5.25 Å². The molecule has 0 bridgehead atoms. The summed E-state index contributed by atoms with van der Waals surface area (Å²) in [5, 5.41) is 14.9. The van der Waals surface area contributed by atoms with Crippen molar-refractivity contribution in [2.24, 2.45) is 0 Å². The first-order chi connectivity index (χ1) is 9.43. The van der Waals surface area contributed by atoms with E-state index in [1.54, 1.807) is 11.8 Å². The van der Waals surface area contributed by atoms with Crippen LogP contribution in [0.1, 0.15) is 16.4 Å². The Kier molecular flexibility index (Phi) is 3.56. The summed E-state index contributed by atoms with van der Waals surface area (Å²) in [6, 6.07) is 20.7. The molecule has 0 spiro atoms. The minimum absolute atomic E-state index is 0.178. The first-order valence-corrected chi connectivity index (χ1v) is 6.82. The maximum Gasteiger partial charge on any atom is 0.207 e. The average Bonchev–Trinajstić information content (AvgIpc) is 3.00. The van der Waals surface area contributed by atoms with Crippen molar-refractivity contribution in [1.82, 2.24) is 20.6 Å². The summed E-state index contributed by atoms with van der Waals surface area (Å²) in [4.78, 5) is 0. The Bertz CT molecular complexity index is 571. The van der Waals surface area contributed by atoms with Gasteiger partial charge in [0.15, 0.2) is 0 Å². The summed E-state index contributed by atoms with van der Waals surface area (Å²) in [7, 11) is 0. The quantitative estimate of drug-likeness (QED) is 0.739. The molecule has 0 saturated heterocycles. The lowest BCUT2D eigenvalue weighted by Crippen LogP contribution is -1.97. The van der Waals surface area contributed by atoms with Crippen LogP contribution in [0.25, 0.3) is 0 Å². The summed E-state index contributed by atoms with van der Waals surface area (Å²) >= 11 is 1.61. The number of nitrogens with zero attached hydrogens (tertiary/aromatic N) is 3. The number of tetrazole rings is 1. The lowest BCUT2D eigenvalue weighted by molar-refractivity contribution is 0.881. The number of benzene rings is 2. The third-order valence-electron chi connectivity index (χ3n) is 2.76. The van der Waals surface area contributed by atoms with Crippen molar-refractivity contribution in [3.8, 4) is 0 Å². The summed E-state index contributed by atoms with van der Waals surface area (Å²) < 4.78 is 0. The maximum absolute atomic E-state index is 3.95. The van der Waals surface area contributed by atoms with Crippen LogP contribution in [0.15, 0.2) is 65.8 Å². The Morgan fingerprint density at radius 2 is 1.42 bits per heavy atom. The van der Waals surface area contributed by atoms with Crippen molar-refractivity contribution in [3.63, 3.8) is 0 Å². The van der Waals surface area contributed by atoms with E-state index in [4.69, 9.17) is 0 Å². The second kappa shape index (κ2) is 5.67. The zero-order chi connectivity index (χ0) is 12.9. The molecule has 0 aliphatic rings. The van der Waals surface area contributed by atoms with Crippen molar-refractivity contribution in [2.75, 3.05) is 0 Å². The molecule has 0 aliphatic heterocycles. The van der Waals surface area contributed by atoms with Crippen LogP contribution in [0.2, 0.25) is 0 Å². The minimum Gasteiger partial charge on any atom is -0.234 e. The van der Waals surface area contributed by atoms with Gasteiger partial charge in [-0.25, -0.2) is 5.10 Å². The molecule has 4 nitrogen and oxygen atoms in total. The third-order valence-corrected chi connectivity index (χ3v) is 3.94. The smallest absolute Gasteiger partial charge is 0.207 e. The van der Waals surface area contributed by atoms with Crippen LogP contribution in [0, 0.1) is 0 Å². The highest BCUT2D eigenvalue weighted by atomic mass is 32.2. The number of H-pyrrole nitrogens is 1. The normalized spacial score (nSPS) is 10.8. The summed E-state index contributed by atoms with van der Waals surface area (Å²) in [6.07, 6.45) is 0.